The number of fused-ring (bicyclic) bond motifs is 1. The Bertz CT molecular complexity index is 594. The van der Waals surface area contributed by atoms with E-state index in [9.17, 15) is 9.18 Å². The van der Waals surface area contributed by atoms with E-state index < -0.39 is 11.8 Å². The summed E-state index contributed by atoms with van der Waals surface area (Å²) in [4.78, 5) is 11.5. The summed E-state index contributed by atoms with van der Waals surface area (Å²) >= 11 is 5.69. The van der Waals surface area contributed by atoms with Crippen molar-refractivity contribution in [2.75, 3.05) is 12.3 Å². The Morgan fingerprint density at radius 3 is 2.94 bits per heavy atom. The van der Waals surface area contributed by atoms with Crippen LogP contribution >= 0.6 is 11.6 Å². The molecule has 17 heavy (non-hydrogen) atoms. The van der Waals surface area contributed by atoms with Gasteiger partial charge in [0.2, 0.25) is 5.76 Å². The number of carbonyl (C=O) groups excluding carboxylic acids is 1. The number of rotatable bonds is 2. The first-order valence-corrected chi connectivity index (χ1v) is 5.26. The molecule has 0 unspecified atom stereocenters. The Hall–Kier alpha value is -1.75. The van der Waals surface area contributed by atoms with Crippen LogP contribution in [0.5, 0.6) is 0 Å². The number of ether oxygens (including phenoxy) is 1. The van der Waals surface area contributed by atoms with Crippen molar-refractivity contribution in [3.05, 3.63) is 28.7 Å². The van der Waals surface area contributed by atoms with E-state index in [0.29, 0.717) is 0 Å². The number of hydrogen-bond acceptors (Lipinski definition) is 4. The summed E-state index contributed by atoms with van der Waals surface area (Å²) in [6.45, 7) is 1.83. The van der Waals surface area contributed by atoms with E-state index in [0.717, 1.165) is 6.07 Å². The van der Waals surface area contributed by atoms with Gasteiger partial charge >= 0.3 is 5.97 Å². The fourth-order valence-corrected chi connectivity index (χ4v) is 1.70. The number of furan rings is 1. The van der Waals surface area contributed by atoms with E-state index in [1.165, 1.54) is 6.07 Å². The van der Waals surface area contributed by atoms with E-state index in [2.05, 4.69) is 0 Å². The lowest BCUT2D eigenvalue weighted by atomic mass is 10.2. The predicted octanol–water partition coefficient (Wildman–Crippen LogP) is 2.98. The van der Waals surface area contributed by atoms with Crippen LogP contribution in [0.3, 0.4) is 0 Å². The molecule has 1 aromatic heterocycles. The Kier molecular flexibility index (Phi) is 2.93. The second-order valence-electron chi connectivity index (χ2n) is 3.33. The van der Waals surface area contributed by atoms with Gasteiger partial charge in [0.25, 0.3) is 0 Å². The number of halogens is 2. The summed E-state index contributed by atoms with van der Waals surface area (Å²) in [5.74, 6) is -1.60. The molecule has 2 aromatic rings. The fraction of sp³-hybridized carbons (Fsp3) is 0.182. The van der Waals surface area contributed by atoms with Crippen LogP contribution in [0.15, 0.2) is 16.5 Å². The molecule has 0 spiro atoms. The Labute approximate surface area is 101 Å². The van der Waals surface area contributed by atoms with Gasteiger partial charge in [-0.15, -0.1) is 0 Å². The lowest BCUT2D eigenvalue weighted by molar-refractivity contribution is 0.0494. The zero-order chi connectivity index (χ0) is 12.6. The average Bonchev–Trinajstić information content (AvgIpc) is 2.57. The first-order chi connectivity index (χ1) is 8.04. The van der Waals surface area contributed by atoms with Crippen LogP contribution in [0.4, 0.5) is 10.1 Å². The molecule has 4 nitrogen and oxygen atoms in total. The first kappa shape index (κ1) is 11.7. The van der Waals surface area contributed by atoms with Crippen molar-refractivity contribution in [3.63, 3.8) is 0 Å². The van der Waals surface area contributed by atoms with Crippen LogP contribution < -0.4 is 5.73 Å². The van der Waals surface area contributed by atoms with Crippen molar-refractivity contribution < 1.29 is 18.3 Å². The van der Waals surface area contributed by atoms with E-state index in [1.807, 2.05) is 0 Å². The lowest BCUT2D eigenvalue weighted by Gasteiger charge is -1.97. The highest BCUT2D eigenvalue weighted by atomic mass is 35.5. The van der Waals surface area contributed by atoms with Gasteiger partial charge in [-0.05, 0) is 19.1 Å². The number of carbonyl (C=O) groups is 1. The smallest absolute Gasteiger partial charge is 0.376 e. The van der Waals surface area contributed by atoms with Crippen LogP contribution in [-0.2, 0) is 4.74 Å². The summed E-state index contributed by atoms with van der Waals surface area (Å²) in [7, 11) is 0. The van der Waals surface area contributed by atoms with E-state index in [-0.39, 0.29) is 34.0 Å². The highest BCUT2D eigenvalue weighted by Gasteiger charge is 2.21. The summed E-state index contributed by atoms with van der Waals surface area (Å²) in [6, 6.07) is 2.52. The SMILES string of the molecule is CCOC(=O)c1oc2c(F)cc(Cl)cc2c1N. The molecule has 90 valence electrons. The van der Waals surface area contributed by atoms with Gasteiger partial charge in [-0.1, -0.05) is 11.6 Å². The maximum absolute atomic E-state index is 13.5. The predicted molar refractivity (Wildman–Crippen MR) is 61.6 cm³/mol. The summed E-state index contributed by atoms with van der Waals surface area (Å²) in [5, 5.41) is 0.441. The quantitative estimate of drug-likeness (QED) is 0.840. The fourth-order valence-electron chi connectivity index (χ4n) is 1.49. The zero-order valence-electron chi connectivity index (χ0n) is 8.92. The van der Waals surface area contributed by atoms with E-state index >= 15 is 0 Å². The largest absolute Gasteiger partial charge is 0.460 e. The number of anilines is 1. The van der Waals surface area contributed by atoms with Crippen LogP contribution in [0, 0.1) is 5.82 Å². The molecular weight excluding hydrogens is 249 g/mol. The molecule has 1 aromatic carbocycles. The van der Waals surface area contributed by atoms with Crippen molar-refractivity contribution in [1.29, 1.82) is 0 Å². The van der Waals surface area contributed by atoms with Gasteiger partial charge in [0.05, 0.1) is 12.3 Å². The minimum Gasteiger partial charge on any atom is -0.460 e. The molecule has 6 heteroatoms. The molecule has 1 heterocycles. The third kappa shape index (κ3) is 1.93. The monoisotopic (exact) mass is 257 g/mol. The second-order valence-corrected chi connectivity index (χ2v) is 3.77. The molecule has 0 amide bonds. The molecule has 0 radical (unpaired) electrons. The van der Waals surface area contributed by atoms with Crippen molar-refractivity contribution in [2.45, 2.75) is 6.92 Å². The van der Waals surface area contributed by atoms with Crippen molar-refractivity contribution in [2.24, 2.45) is 0 Å². The first-order valence-electron chi connectivity index (χ1n) is 4.88. The maximum atomic E-state index is 13.5. The minimum atomic E-state index is -0.725. The molecule has 0 atom stereocenters. The molecule has 0 bridgehead atoms. The summed E-state index contributed by atoms with van der Waals surface area (Å²) in [5.41, 5.74) is 5.61. The molecule has 0 fully saturated rings. The summed E-state index contributed by atoms with van der Waals surface area (Å²) in [6.07, 6.45) is 0. The highest BCUT2D eigenvalue weighted by molar-refractivity contribution is 6.31. The molecule has 0 saturated heterocycles. The Morgan fingerprint density at radius 1 is 1.59 bits per heavy atom. The maximum Gasteiger partial charge on any atom is 0.376 e. The zero-order valence-corrected chi connectivity index (χ0v) is 9.68. The second kappa shape index (κ2) is 4.25. The molecule has 0 aliphatic carbocycles. The molecule has 0 saturated carbocycles. The van der Waals surface area contributed by atoms with E-state index in [1.54, 1.807) is 6.92 Å². The van der Waals surface area contributed by atoms with Gasteiger partial charge in [0.1, 0.15) is 0 Å². The molecule has 0 aliphatic heterocycles. The van der Waals surface area contributed by atoms with Gasteiger partial charge in [0, 0.05) is 10.4 Å². The van der Waals surface area contributed by atoms with Gasteiger partial charge in [-0.2, -0.15) is 0 Å². The average molecular weight is 258 g/mol. The Morgan fingerprint density at radius 2 is 2.29 bits per heavy atom. The highest BCUT2D eigenvalue weighted by Crippen LogP contribution is 2.32. The van der Waals surface area contributed by atoms with Crippen LogP contribution in [0.1, 0.15) is 17.5 Å². The number of hydrogen-bond donors (Lipinski definition) is 1. The normalized spacial score (nSPS) is 10.8. The number of benzene rings is 1. The van der Waals surface area contributed by atoms with Gasteiger partial charge < -0.3 is 14.9 Å². The third-order valence-corrected chi connectivity index (χ3v) is 2.43. The van der Waals surface area contributed by atoms with Gasteiger partial charge in [-0.25, -0.2) is 9.18 Å². The van der Waals surface area contributed by atoms with Gasteiger partial charge in [0.15, 0.2) is 11.4 Å². The van der Waals surface area contributed by atoms with Crippen LogP contribution in [-0.4, -0.2) is 12.6 Å². The van der Waals surface area contributed by atoms with E-state index in [4.69, 9.17) is 26.5 Å². The molecule has 2 rings (SSSR count). The number of nitrogen functional groups attached to an aromatic ring is 1. The van der Waals surface area contributed by atoms with Crippen molar-refractivity contribution >= 4 is 34.2 Å². The molecule has 2 N–H and O–H groups in total. The lowest BCUT2D eigenvalue weighted by Crippen LogP contribution is -2.05. The minimum absolute atomic E-state index is 0.0276. The van der Waals surface area contributed by atoms with Crippen molar-refractivity contribution in [3.8, 4) is 0 Å². The van der Waals surface area contributed by atoms with Gasteiger partial charge in [-0.3, -0.25) is 0 Å². The van der Waals surface area contributed by atoms with Crippen molar-refractivity contribution in [1.82, 2.24) is 0 Å². The standard InChI is InChI=1S/C11H9ClFNO3/c1-2-16-11(15)10-8(14)6-3-5(12)4-7(13)9(6)17-10/h3-4H,2,14H2,1H3. The topological polar surface area (TPSA) is 65.5 Å². The molecular formula is C11H9ClFNO3. The molecule has 0 aliphatic rings. The number of esters is 1. The van der Waals surface area contributed by atoms with Crippen LogP contribution in [0.25, 0.3) is 11.0 Å². The number of nitrogens with two attached hydrogens (primary N) is 1. The third-order valence-electron chi connectivity index (χ3n) is 2.21. The summed E-state index contributed by atoms with van der Waals surface area (Å²) < 4.78 is 23.3. The van der Waals surface area contributed by atoms with Crippen LogP contribution in [0.2, 0.25) is 5.02 Å². The Balaban J connectivity index is 2.64.